The van der Waals surface area contributed by atoms with E-state index in [0.717, 1.165) is 36.9 Å². The lowest BCUT2D eigenvalue weighted by atomic mass is 9.87. The van der Waals surface area contributed by atoms with E-state index in [-0.39, 0.29) is 34.2 Å². The fourth-order valence-corrected chi connectivity index (χ4v) is 5.38. The zero-order chi connectivity index (χ0) is 25.8. The second kappa shape index (κ2) is 10.4. The van der Waals surface area contributed by atoms with Crippen molar-refractivity contribution in [1.29, 1.82) is 0 Å². The van der Waals surface area contributed by atoms with Crippen LogP contribution in [0.2, 0.25) is 0 Å². The Morgan fingerprint density at radius 3 is 2.59 bits per heavy atom. The maximum atomic E-state index is 13.2. The minimum atomic E-state index is -4.19. The van der Waals surface area contributed by atoms with Crippen LogP contribution in [-0.4, -0.2) is 36.6 Å². The Morgan fingerprint density at radius 1 is 1.05 bits per heavy atom. The van der Waals surface area contributed by atoms with Crippen molar-refractivity contribution in [3.8, 4) is 17.2 Å². The summed E-state index contributed by atoms with van der Waals surface area (Å²) in [4.78, 5) is 20.5. The Morgan fingerprint density at radius 2 is 1.84 bits per heavy atom. The zero-order valence-corrected chi connectivity index (χ0v) is 20.8. The monoisotopic (exact) mass is 523 g/mol. The molecule has 1 saturated carbocycles. The molecule has 37 heavy (non-hydrogen) atoms. The molecule has 4 aromatic rings. The van der Waals surface area contributed by atoms with E-state index in [2.05, 4.69) is 25.2 Å². The van der Waals surface area contributed by atoms with Gasteiger partial charge in [0.15, 0.2) is 10.7 Å². The van der Waals surface area contributed by atoms with Crippen molar-refractivity contribution >= 4 is 27.5 Å². The molecule has 0 bridgehead atoms. The number of carbonyl (C=O) groups is 1. The smallest absolute Gasteiger partial charge is 0.311 e. The summed E-state index contributed by atoms with van der Waals surface area (Å²) in [5.74, 6) is -0.342. The molecule has 0 unspecified atom stereocenters. The Balaban J connectivity index is 1.33. The van der Waals surface area contributed by atoms with Gasteiger partial charge < -0.3 is 19.0 Å². The number of ether oxygens (including phenoxy) is 1. The number of aromatic nitrogens is 3. The molecule has 0 spiro atoms. The first-order valence-electron chi connectivity index (χ1n) is 11.8. The van der Waals surface area contributed by atoms with Crippen molar-refractivity contribution in [1.82, 2.24) is 15.1 Å². The summed E-state index contributed by atoms with van der Waals surface area (Å²) in [6.07, 6.45) is 8.12. The topological polar surface area (TPSA) is 149 Å². The van der Waals surface area contributed by atoms with Gasteiger partial charge in [-0.25, -0.2) is 23.1 Å². The van der Waals surface area contributed by atoms with E-state index in [1.165, 1.54) is 32.0 Å². The summed E-state index contributed by atoms with van der Waals surface area (Å²) >= 11 is 0. The Kier molecular flexibility index (Phi) is 6.91. The van der Waals surface area contributed by atoms with E-state index in [0.29, 0.717) is 5.76 Å². The molecule has 0 aliphatic heterocycles. The third kappa shape index (κ3) is 5.48. The van der Waals surface area contributed by atoms with Crippen LogP contribution in [0, 0.1) is 0 Å². The number of oxazole rings is 1. The number of hydrogen-bond acceptors (Lipinski definition) is 9. The highest BCUT2D eigenvalue weighted by Crippen LogP contribution is 2.34. The SMILES string of the molecule is COc1ncc(NC(=O)c2ncc(-c3ccccc3)o2)cc1S(=O)(=O)Nc1cc(C2CCCCC2)no1. The minimum absolute atomic E-state index is 0.00899. The van der Waals surface area contributed by atoms with Crippen LogP contribution in [0.1, 0.15) is 54.4 Å². The predicted octanol–water partition coefficient (Wildman–Crippen LogP) is 4.83. The van der Waals surface area contributed by atoms with Crippen LogP contribution >= 0.6 is 0 Å². The maximum Gasteiger partial charge on any atom is 0.311 e. The van der Waals surface area contributed by atoms with Gasteiger partial charge in [0.1, 0.15) is 0 Å². The number of sulfonamides is 1. The van der Waals surface area contributed by atoms with Crippen LogP contribution in [-0.2, 0) is 10.0 Å². The normalized spacial score (nSPS) is 14.3. The van der Waals surface area contributed by atoms with Gasteiger partial charge >= 0.3 is 5.91 Å². The molecule has 1 aliphatic carbocycles. The molecular formula is C25H25N5O6S. The molecule has 0 atom stereocenters. The second-order valence-corrected chi connectivity index (χ2v) is 10.3. The molecule has 1 amide bonds. The number of benzene rings is 1. The summed E-state index contributed by atoms with van der Waals surface area (Å²) in [6, 6.07) is 12.0. The van der Waals surface area contributed by atoms with Crippen molar-refractivity contribution < 1.29 is 26.9 Å². The van der Waals surface area contributed by atoms with Crippen molar-refractivity contribution in [2.24, 2.45) is 0 Å². The van der Waals surface area contributed by atoms with Gasteiger partial charge in [0.05, 0.1) is 30.9 Å². The van der Waals surface area contributed by atoms with Crippen LogP contribution in [0.4, 0.5) is 11.6 Å². The summed E-state index contributed by atoms with van der Waals surface area (Å²) in [6.45, 7) is 0. The van der Waals surface area contributed by atoms with E-state index in [1.807, 2.05) is 30.3 Å². The number of nitrogens with zero attached hydrogens (tertiary/aromatic N) is 3. The van der Waals surface area contributed by atoms with Gasteiger partial charge in [-0.1, -0.05) is 54.8 Å². The molecule has 3 heterocycles. The Labute approximate surface area is 213 Å². The van der Waals surface area contributed by atoms with Crippen LogP contribution in [0.15, 0.2) is 68.7 Å². The van der Waals surface area contributed by atoms with Crippen molar-refractivity contribution in [2.45, 2.75) is 42.9 Å². The third-order valence-corrected chi connectivity index (χ3v) is 7.45. The summed E-state index contributed by atoms with van der Waals surface area (Å²) in [5.41, 5.74) is 1.59. The van der Waals surface area contributed by atoms with Gasteiger partial charge in [0, 0.05) is 17.5 Å². The first-order chi connectivity index (χ1) is 17.9. The molecule has 1 aromatic carbocycles. The Hall–Kier alpha value is -4.19. The number of pyridine rings is 1. The third-order valence-electron chi connectivity index (χ3n) is 6.10. The van der Waals surface area contributed by atoms with E-state index in [1.54, 1.807) is 6.07 Å². The molecular weight excluding hydrogens is 498 g/mol. The molecule has 2 N–H and O–H groups in total. The molecule has 1 aliphatic rings. The second-order valence-electron chi connectivity index (χ2n) is 8.64. The summed E-state index contributed by atoms with van der Waals surface area (Å²) in [5, 5.41) is 6.61. The molecule has 0 radical (unpaired) electrons. The molecule has 192 valence electrons. The van der Waals surface area contributed by atoms with Gasteiger partial charge in [-0.3, -0.25) is 4.79 Å². The molecule has 5 rings (SSSR count). The van der Waals surface area contributed by atoms with Crippen LogP contribution in [0.5, 0.6) is 5.88 Å². The maximum absolute atomic E-state index is 13.2. The number of amides is 1. The first kappa shape index (κ1) is 24.5. The summed E-state index contributed by atoms with van der Waals surface area (Å²) < 4.78 is 44.7. The molecule has 12 heteroatoms. The fourth-order valence-electron chi connectivity index (χ4n) is 4.26. The number of methoxy groups -OCH3 is 1. The average Bonchev–Trinajstić information content (AvgIpc) is 3.60. The van der Waals surface area contributed by atoms with Crippen LogP contribution in [0.3, 0.4) is 0 Å². The number of nitrogens with one attached hydrogen (secondary N) is 2. The van der Waals surface area contributed by atoms with E-state index >= 15 is 0 Å². The number of anilines is 2. The van der Waals surface area contributed by atoms with E-state index in [4.69, 9.17) is 13.7 Å². The highest BCUT2D eigenvalue weighted by molar-refractivity contribution is 7.92. The lowest BCUT2D eigenvalue weighted by Gasteiger charge is -2.18. The lowest BCUT2D eigenvalue weighted by molar-refractivity contribution is 0.0991. The number of carbonyl (C=O) groups excluding carboxylic acids is 1. The van der Waals surface area contributed by atoms with E-state index < -0.39 is 15.9 Å². The van der Waals surface area contributed by atoms with Gasteiger partial charge in [0.2, 0.25) is 11.8 Å². The quantitative estimate of drug-likeness (QED) is 0.331. The van der Waals surface area contributed by atoms with Crippen molar-refractivity contribution in [2.75, 3.05) is 17.1 Å². The lowest BCUT2D eigenvalue weighted by Crippen LogP contribution is -2.16. The van der Waals surface area contributed by atoms with E-state index in [9.17, 15) is 13.2 Å². The molecule has 1 fully saturated rings. The van der Waals surface area contributed by atoms with Gasteiger partial charge in [-0.05, 0) is 18.9 Å². The highest BCUT2D eigenvalue weighted by Gasteiger charge is 2.26. The zero-order valence-electron chi connectivity index (χ0n) is 20.0. The molecule has 0 saturated heterocycles. The molecule has 11 nitrogen and oxygen atoms in total. The van der Waals surface area contributed by atoms with Crippen LogP contribution in [0.25, 0.3) is 11.3 Å². The van der Waals surface area contributed by atoms with Gasteiger partial charge in [-0.2, -0.15) is 0 Å². The number of hydrogen-bond donors (Lipinski definition) is 2. The minimum Gasteiger partial charge on any atom is -0.480 e. The standard InChI is InChI=1S/C25H25N5O6S/c1-34-24-21(37(32,33)30-22-13-19(29-36-22)16-8-4-2-5-9-16)12-18(14-26-24)28-23(31)25-27-15-20(35-25)17-10-6-3-7-11-17/h3,6-7,10-16,30H,2,4-5,8-9H2,1H3,(H,28,31). The van der Waals surface area contributed by atoms with Gasteiger partial charge in [0.25, 0.3) is 15.9 Å². The first-order valence-corrected chi connectivity index (χ1v) is 13.3. The number of rotatable bonds is 8. The highest BCUT2D eigenvalue weighted by atomic mass is 32.2. The van der Waals surface area contributed by atoms with Crippen molar-refractivity contribution in [3.63, 3.8) is 0 Å². The largest absolute Gasteiger partial charge is 0.480 e. The van der Waals surface area contributed by atoms with Crippen molar-refractivity contribution in [3.05, 3.63) is 66.4 Å². The van der Waals surface area contributed by atoms with Gasteiger partial charge in [-0.15, -0.1) is 0 Å². The Bertz CT molecular complexity index is 1490. The summed E-state index contributed by atoms with van der Waals surface area (Å²) in [7, 11) is -2.89. The average molecular weight is 524 g/mol. The van der Waals surface area contributed by atoms with Crippen LogP contribution < -0.4 is 14.8 Å². The predicted molar refractivity (Wildman–Crippen MR) is 134 cm³/mol. The fraction of sp³-hybridized carbons (Fsp3) is 0.280. The molecule has 3 aromatic heterocycles.